The molecule has 1 aromatic heterocycles. The van der Waals surface area contributed by atoms with Crippen LogP contribution in [0.2, 0.25) is 5.02 Å². The lowest BCUT2D eigenvalue weighted by molar-refractivity contribution is 0.706. The van der Waals surface area contributed by atoms with E-state index in [1.807, 2.05) is 18.2 Å². The van der Waals surface area contributed by atoms with Crippen molar-refractivity contribution in [1.82, 2.24) is 9.55 Å². The average Bonchev–Trinajstić information content (AvgIpc) is 2.74. The summed E-state index contributed by atoms with van der Waals surface area (Å²) in [7, 11) is 0. The Morgan fingerprint density at radius 1 is 1.20 bits per heavy atom. The number of nitrogens with zero attached hydrogens (tertiary/aromatic N) is 1. The van der Waals surface area contributed by atoms with Gasteiger partial charge in [-0.2, -0.15) is 0 Å². The van der Waals surface area contributed by atoms with Gasteiger partial charge in [0.2, 0.25) is 0 Å². The SMILES string of the molecule is Cc1cccc(CCn2c(=S)[nH]c3cccc(Cl)c32)c1. The molecule has 0 fully saturated rings. The fourth-order valence-electron chi connectivity index (χ4n) is 2.50. The number of H-pyrrole nitrogens is 1. The summed E-state index contributed by atoms with van der Waals surface area (Å²) < 4.78 is 2.80. The van der Waals surface area contributed by atoms with Crippen LogP contribution in [0.1, 0.15) is 11.1 Å². The average molecular weight is 303 g/mol. The molecule has 0 amide bonds. The van der Waals surface area contributed by atoms with Gasteiger partial charge in [0.25, 0.3) is 0 Å². The van der Waals surface area contributed by atoms with Crippen molar-refractivity contribution in [2.75, 3.05) is 0 Å². The molecular formula is C16H15ClN2S. The fraction of sp³-hybridized carbons (Fsp3) is 0.188. The van der Waals surface area contributed by atoms with Crippen LogP contribution in [-0.2, 0) is 13.0 Å². The number of aromatic nitrogens is 2. The molecule has 0 unspecified atom stereocenters. The van der Waals surface area contributed by atoms with E-state index in [2.05, 4.69) is 40.7 Å². The number of rotatable bonds is 3. The molecule has 3 aromatic rings. The minimum atomic E-state index is 0.723. The Bertz CT molecular complexity index is 817. The molecule has 0 aliphatic rings. The number of aryl methyl sites for hydroxylation is 3. The number of nitrogens with one attached hydrogen (secondary N) is 1. The molecule has 1 heterocycles. The summed E-state index contributed by atoms with van der Waals surface area (Å²) >= 11 is 11.7. The standard InChI is InChI=1S/C16H15ClN2S/c1-11-4-2-5-12(10-11)8-9-19-15-13(17)6-3-7-14(15)18-16(19)20/h2-7,10H,8-9H2,1H3,(H,18,20). The zero-order valence-electron chi connectivity index (χ0n) is 11.2. The maximum Gasteiger partial charge on any atom is 0.178 e. The highest BCUT2D eigenvalue weighted by atomic mass is 35.5. The van der Waals surface area contributed by atoms with Crippen LogP contribution >= 0.6 is 23.8 Å². The van der Waals surface area contributed by atoms with Crippen molar-refractivity contribution in [3.63, 3.8) is 0 Å². The van der Waals surface area contributed by atoms with Crippen LogP contribution in [0.25, 0.3) is 11.0 Å². The molecular weight excluding hydrogens is 288 g/mol. The topological polar surface area (TPSA) is 20.7 Å². The summed E-state index contributed by atoms with van der Waals surface area (Å²) in [4.78, 5) is 3.21. The van der Waals surface area contributed by atoms with Crippen molar-refractivity contribution in [3.8, 4) is 0 Å². The van der Waals surface area contributed by atoms with Crippen LogP contribution in [0.4, 0.5) is 0 Å². The molecule has 0 saturated carbocycles. The van der Waals surface area contributed by atoms with Gasteiger partial charge in [-0.05, 0) is 43.3 Å². The molecule has 0 spiro atoms. The highest BCUT2D eigenvalue weighted by molar-refractivity contribution is 7.71. The Morgan fingerprint density at radius 3 is 2.80 bits per heavy atom. The van der Waals surface area contributed by atoms with Gasteiger partial charge in [0.15, 0.2) is 4.77 Å². The number of fused-ring (bicyclic) bond motifs is 1. The first-order valence-corrected chi connectivity index (χ1v) is 7.36. The quantitative estimate of drug-likeness (QED) is 0.682. The van der Waals surface area contributed by atoms with E-state index in [4.69, 9.17) is 23.8 Å². The zero-order chi connectivity index (χ0) is 14.1. The van der Waals surface area contributed by atoms with Gasteiger partial charge in [0.1, 0.15) is 0 Å². The maximum atomic E-state index is 6.30. The van der Waals surface area contributed by atoms with Gasteiger partial charge in [-0.25, -0.2) is 0 Å². The van der Waals surface area contributed by atoms with Crippen LogP contribution in [0.5, 0.6) is 0 Å². The summed E-state index contributed by atoms with van der Waals surface area (Å²) in [6.07, 6.45) is 0.939. The smallest absolute Gasteiger partial charge is 0.178 e. The van der Waals surface area contributed by atoms with Gasteiger partial charge in [0, 0.05) is 6.54 Å². The predicted molar refractivity (Wildman–Crippen MR) is 87.0 cm³/mol. The lowest BCUT2D eigenvalue weighted by atomic mass is 10.1. The van der Waals surface area contributed by atoms with Crippen LogP contribution in [0, 0.1) is 11.7 Å². The molecule has 4 heteroatoms. The number of para-hydroxylation sites is 1. The van der Waals surface area contributed by atoms with Gasteiger partial charge in [0.05, 0.1) is 16.1 Å². The summed E-state index contributed by atoms with van der Waals surface area (Å²) in [5.41, 5.74) is 4.58. The Kier molecular flexibility index (Phi) is 3.64. The van der Waals surface area contributed by atoms with Crippen LogP contribution < -0.4 is 0 Å². The van der Waals surface area contributed by atoms with Gasteiger partial charge in [-0.3, -0.25) is 0 Å². The van der Waals surface area contributed by atoms with Crippen molar-refractivity contribution in [2.45, 2.75) is 19.9 Å². The van der Waals surface area contributed by atoms with E-state index >= 15 is 0 Å². The van der Waals surface area contributed by atoms with Crippen molar-refractivity contribution in [1.29, 1.82) is 0 Å². The molecule has 0 radical (unpaired) electrons. The predicted octanol–water partition coefficient (Wildman–Crippen LogP) is 4.90. The normalized spacial score (nSPS) is 11.1. The van der Waals surface area contributed by atoms with E-state index in [-0.39, 0.29) is 0 Å². The summed E-state index contributed by atoms with van der Waals surface area (Å²) in [5, 5.41) is 0.735. The van der Waals surface area contributed by atoms with Crippen molar-refractivity contribution in [3.05, 3.63) is 63.4 Å². The van der Waals surface area contributed by atoms with Gasteiger partial charge >= 0.3 is 0 Å². The molecule has 0 aliphatic heterocycles. The third kappa shape index (κ3) is 2.51. The van der Waals surface area contributed by atoms with Gasteiger partial charge in [-0.15, -0.1) is 0 Å². The van der Waals surface area contributed by atoms with Crippen LogP contribution in [0.3, 0.4) is 0 Å². The molecule has 20 heavy (non-hydrogen) atoms. The number of imidazole rings is 1. The first-order valence-electron chi connectivity index (χ1n) is 6.58. The van der Waals surface area contributed by atoms with Crippen molar-refractivity contribution >= 4 is 34.9 Å². The van der Waals surface area contributed by atoms with E-state index in [1.54, 1.807) is 0 Å². The summed E-state index contributed by atoms with van der Waals surface area (Å²) in [5.74, 6) is 0. The molecule has 1 N–H and O–H groups in total. The Morgan fingerprint density at radius 2 is 2.00 bits per heavy atom. The van der Waals surface area contributed by atoms with E-state index in [0.29, 0.717) is 0 Å². The van der Waals surface area contributed by atoms with E-state index < -0.39 is 0 Å². The minimum Gasteiger partial charge on any atom is -0.331 e. The first-order chi connectivity index (χ1) is 9.65. The van der Waals surface area contributed by atoms with E-state index in [9.17, 15) is 0 Å². The van der Waals surface area contributed by atoms with Crippen molar-refractivity contribution < 1.29 is 0 Å². The first kappa shape index (κ1) is 13.4. The second-order valence-corrected chi connectivity index (χ2v) is 5.75. The number of halogens is 1. The van der Waals surface area contributed by atoms with E-state index in [0.717, 1.165) is 33.8 Å². The molecule has 102 valence electrons. The molecule has 0 aliphatic carbocycles. The Balaban J connectivity index is 1.95. The highest BCUT2D eigenvalue weighted by Crippen LogP contribution is 2.23. The Hall–Kier alpha value is -1.58. The number of hydrogen-bond donors (Lipinski definition) is 1. The third-order valence-corrected chi connectivity index (χ3v) is 4.08. The molecule has 2 aromatic carbocycles. The van der Waals surface area contributed by atoms with Gasteiger partial charge in [-0.1, -0.05) is 47.5 Å². The van der Waals surface area contributed by atoms with Crippen LogP contribution in [-0.4, -0.2) is 9.55 Å². The number of aromatic amines is 1. The molecule has 0 atom stereocenters. The molecule has 2 nitrogen and oxygen atoms in total. The third-order valence-electron chi connectivity index (χ3n) is 3.45. The lowest BCUT2D eigenvalue weighted by Gasteiger charge is -2.06. The number of benzene rings is 2. The highest BCUT2D eigenvalue weighted by Gasteiger charge is 2.07. The van der Waals surface area contributed by atoms with Gasteiger partial charge < -0.3 is 9.55 Å². The van der Waals surface area contributed by atoms with Crippen molar-refractivity contribution in [2.24, 2.45) is 0 Å². The largest absolute Gasteiger partial charge is 0.331 e. The zero-order valence-corrected chi connectivity index (χ0v) is 12.8. The van der Waals surface area contributed by atoms with E-state index in [1.165, 1.54) is 11.1 Å². The molecule has 0 saturated heterocycles. The molecule has 0 bridgehead atoms. The number of hydrogen-bond acceptors (Lipinski definition) is 1. The second kappa shape index (κ2) is 5.43. The Labute approximate surface area is 128 Å². The maximum absolute atomic E-state index is 6.30. The molecule has 3 rings (SSSR count). The monoisotopic (exact) mass is 302 g/mol. The fourth-order valence-corrected chi connectivity index (χ4v) is 3.07. The lowest BCUT2D eigenvalue weighted by Crippen LogP contribution is -2.01. The summed E-state index contributed by atoms with van der Waals surface area (Å²) in [6, 6.07) is 14.4. The van der Waals surface area contributed by atoms with Crippen LogP contribution in [0.15, 0.2) is 42.5 Å². The summed E-state index contributed by atoms with van der Waals surface area (Å²) in [6.45, 7) is 2.93. The minimum absolute atomic E-state index is 0.723. The second-order valence-electron chi connectivity index (χ2n) is 4.96.